The summed E-state index contributed by atoms with van der Waals surface area (Å²) in [6.07, 6.45) is 3.81. The highest BCUT2D eigenvalue weighted by Gasteiger charge is 2.32. The van der Waals surface area contributed by atoms with Gasteiger partial charge in [0.05, 0.1) is 11.3 Å². The van der Waals surface area contributed by atoms with Crippen molar-refractivity contribution >= 4 is 23.4 Å². The summed E-state index contributed by atoms with van der Waals surface area (Å²) < 4.78 is 6.87. The molecule has 0 fully saturated rings. The molecule has 5 nitrogen and oxygen atoms in total. The van der Waals surface area contributed by atoms with Gasteiger partial charge in [0.25, 0.3) is 0 Å². The fourth-order valence-corrected chi connectivity index (χ4v) is 2.02. The summed E-state index contributed by atoms with van der Waals surface area (Å²) in [6, 6.07) is 7.39. The molecule has 0 amide bonds. The van der Waals surface area contributed by atoms with Crippen LogP contribution in [0.3, 0.4) is 0 Å². The van der Waals surface area contributed by atoms with Crippen LogP contribution in [0.2, 0.25) is 5.02 Å². The van der Waals surface area contributed by atoms with Gasteiger partial charge in [-0.15, -0.1) is 0 Å². The Hall–Kier alpha value is -1.69. The molecule has 0 saturated heterocycles. The summed E-state index contributed by atoms with van der Waals surface area (Å²) in [6.45, 7) is 3.60. The summed E-state index contributed by atoms with van der Waals surface area (Å²) in [7, 11) is 1.55. The Morgan fingerprint density at radius 1 is 1.43 bits per heavy atom. The van der Waals surface area contributed by atoms with E-state index in [1.165, 1.54) is 17.3 Å². The maximum Gasteiger partial charge on any atom is 0.138 e. The van der Waals surface area contributed by atoms with Crippen molar-refractivity contribution in [1.29, 1.82) is 0 Å². The molecule has 1 N–H and O–H groups in total. The Morgan fingerprint density at radius 2 is 2.14 bits per heavy atom. The molecule has 0 aliphatic rings. The molecule has 1 atom stereocenters. The lowest BCUT2D eigenvalue weighted by Crippen LogP contribution is -2.40. The van der Waals surface area contributed by atoms with Crippen LogP contribution in [0.5, 0.6) is 0 Å². The van der Waals surface area contributed by atoms with Gasteiger partial charge in [0.2, 0.25) is 0 Å². The molecular formula is C15H18ClN3O2. The van der Waals surface area contributed by atoms with Crippen molar-refractivity contribution in [2.45, 2.75) is 25.6 Å². The zero-order chi connectivity index (χ0) is 15.5. The lowest BCUT2D eigenvalue weighted by molar-refractivity contribution is -0.0539. The van der Waals surface area contributed by atoms with Crippen molar-refractivity contribution in [2.75, 3.05) is 7.11 Å². The van der Waals surface area contributed by atoms with Gasteiger partial charge in [0.1, 0.15) is 18.8 Å². The molecule has 1 unspecified atom stereocenters. The molecule has 6 heteroatoms. The third-order valence-electron chi connectivity index (χ3n) is 3.36. The van der Waals surface area contributed by atoms with E-state index in [2.05, 4.69) is 10.1 Å². The largest absolute Gasteiger partial charge is 0.384 e. The number of hydrogen-bond acceptors (Lipinski definition) is 4. The number of aliphatic hydroxyl groups is 1. The van der Waals surface area contributed by atoms with Gasteiger partial charge in [-0.05, 0) is 31.6 Å². The van der Waals surface area contributed by atoms with E-state index < -0.39 is 11.7 Å². The number of rotatable bonds is 5. The molecule has 21 heavy (non-hydrogen) atoms. The second kappa shape index (κ2) is 6.39. The first-order valence-electron chi connectivity index (χ1n) is 6.50. The van der Waals surface area contributed by atoms with Crippen LogP contribution < -0.4 is 0 Å². The maximum absolute atomic E-state index is 10.6. The first-order chi connectivity index (χ1) is 9.95. The molecule has 0 spiro atoms. The highest BCUT2D eigenvalue weighted by Crippen LogP contribution is 2.27. The average Bonchev–Trinajstić information content (AvgIpc) is 2.99. The van der Waals surface area contributed by atoms with E-state index in [-0.39, 0.29) is 0 Å². The fourth-order valence-electron chi connectivity index (χ4n) is 1.83. The van der Waals surface area contributed by atoms with Gasteiger partial charge in [0.15, 0.2) is 0 Å². The van der Waals surface area contributed by atoms with Gasteiger partial charge in [-0.2, -0.15) is 5.10 Å². The minimum absolute atomic E-state index is 0.535. The summed E-state index contributed by atoms with van der Waals surface area (Å²) >= 11 is 6.18. The van der Waals surface area contributed by atoms with E-state index in [0.29, 0.717) is 10.7 Å². The van der Waals surface area contributed by atoms with Crippen molar-refractivity contribution in [3.8, 4) is 0 Å². The van der Waals surface area contributed by atoms with Gasteiger partial charge in [-0.25, -0.2) is 9.67 Å². The van der Waals surface area contributed by atoms with Crippen molar-refractivity contribution < 1.29 is 9.84 Å². The van der Waals surface area contributed by atoms with Crippen LogP contribution in [-0.4, -0.2) is 38.7 Å². The topological polar surface area (TPSA) is 60.2 Å². The van der Waals surface area contributed by atoms with E-state index in [1.807, 2.05) is 18.2 Å². The zero-order valence-electron chi connectivity index (χ0n) is 12.2. The van der Waals surface area contributed by atoms with Crippen molar-refractivity contribution in [3.05, 3.63) is 47.5 Å². The Balaban J connectivity index is 2.50. The Bertz CT molecular complexity index is 624. The Morgan fingerprint density at radius 3 is 2.71 bits per heavy atom. The normalized spacial score (nSPS) is 14.2. The molecule has 1 aromatic heterocycles. The van der Waals surface area contributed by atoms with Crippen LogP contribution in [0.4, 0.5) is 0 Å². The number of hydrogen-bond donors (Lipinski definition) is 1. The molecule has 2 aromatic rings. The Kier molecular flexibility index (Phi) is 4.77. The summed E-state index contributed by atoms with van der Waals surface area (Å²) in [5.74, 6) is 0. The molecule has 0 radical (unpaired) electrons. The average molecular weight is 308 g/mol. The molecule has 0 aliphatic heterocycles. The predicted octanol–water partition coefficient (Wildman–Crippen LogP) is 2.72. The number of aromatic nitrogens is 3. The standard InChI is InChI=1S/C15H18ClN3O2/c1-15(2,21-3)14(20)13(19-10-17-9-18-19)8-11-6-4-5-7-12(11)16/h4-10,14,20H,1-3H3/b13-8-. The minimum Gasteiger partial charge on any atom is -0.384 e. The van der Waals surface area contributed by atoms with Crippen LogP contribution in [0.15, 0.2) is 36.9 Å². The van der Waals surface area contributed by atoms with Crippen molar-refractivity contribution in [2.24, 2.45) is 0 Å². The van der Waals surface area contributed by atoms with E-state index in [0.717, 1.165) is 5.56 Å². The summed E-state index contributed by atoms with van der Waals surface area (Å²) in [4.78, 5) is 3.92. The van der Waals surface area contributed by atoms with Gasteiger partial charge >= 0.3 is 0 Å². The second-order valence-electron chi connectivity index (χ2n) is 5.14. The quantitative estimate of drug-likeness (QED) is 0.922. The number of halogens is 1. The number of aliphatic hydroxyl groups excluding tert-OH is 1. The Labute approximate surface area is 128 Å². The van der Waals surface area contributed by atoms with E-state index >= 15 is 0 Å². The lowest BCUT2D eigenvalue weighted by atomic mass is 9.97. The second-order valence-corrected chi connectivity index (χ2v) is 5.55. The van der Waals surface area contributed by atoms with Gasteiger partial charge in [0, 0.05) is 12.1 Å². The van der Waals surface area contributed by atoms with E-state index in [4.69, 9.17) is 16.3 Å². The number of nitrogens with zero attached hydrogens (tertiary/aromatic N) is 3. The third kappa shape index (κ3) is 3.50. The molecule has 0 bridgehead atoms. The predicted molar refractivity (Wildman–Crippen MR) is 82.7 cm³/mol. The first kappa shape index (κ1) is 15.7. The van der Waals surface area contributed by atoms with Gasteiger partial charge < -0.3 is 9.84 Å². The number of methoxy groups -OCH3 is 1. The lowest BCUT2D eigenvalue weighted by Gasteiger charge is -2.30. The van der Waals surface area contributed by atoms with Crippen molar-refractivity contribution in [3.63, 3.8) is 0 Å². The molecule has 112 valence electrons. The first-order valence-corrected chi connectivity index (χ1v) is 6.88. The molecule has 1 heterocycles. The minimum atomic E-state index is -0.902. The van der Waals surface area contributed by atoms with Crippen LogP contribution in [0, 0.1) is 0 Å². The number of benzene rings is 1. The number of ether oxygens (including phenoxy) is 1. The van der Waals surface area contributed by atoms with E-state index in [1.54, 1.807) is 33.1 Å². The zero-order valence-corrected chi connectivity index (χ0v) is 12.9. The highest BCUT2D eigenvalue weighted by atomic mass is 35.5. The van der Waals surface area contributed by atoms with Gasteiger partial charge in [-0.3, -0.25) is 0 Å². The SMILES string of the molecule is COC(C)(C)C(O)/C(=C/c1ccccc1Cl)n1cncn1. The van der Waals surface area contributed by atoms with E-state index in [9.17, 15) is 5.11 Å². The monoisotopic (exact) mass is 307 g/mol. The fraction of sp³-hybridized carbons (Fsp3) is 0.333. The molecule has 0 saturated carbocycles. The smallest absolute Gasteiger partial charge is 0.138 e. The third-order valence-corrected chi connectivity index (χ3v) is 3.70. The summed E-state index contributed by atoms with van der Waals surface area (Å²) in [5, 5.41) is 15.3. The van der Waals surface area contributed by atoms with Crippen LogP contribution in [-0.2, 0) is 4.74 Å². The molecule has 2 rings (SSSR count). The van der Waals surface area contributed by atoms with Gasteiger partial charge in [-0.1, -0.05) is 29.8 Å². The van der Waals surface area contributed by atoms with Crippen LogP contribution in [0.25, 0.3) is 11.8 Å². The maximum atomic E-state index is 10.6. The molecule has 0 aliphatic carbocycles. The van der Waals surface area contributed by atoms with Crippen LogP contribution in [0.1, 0.15) is 19.4 Å². The summed E-state index contributed by atoms with van der Waals surface area (Å²) in [5.41, 5.74) is 0.544. The molecular weight excluding hydrogens is 290 g/mol. The van der Waals surface area contributed by atoms with Crippen molar-refractivity contribution in [1.82, 2.24) is 14.8 Å². The van der Waals surface area contributed by atoms with Crippen LogP contribution >= 0.6 is 11.6 Å². The highest BCUT2D eigenvalue weighted by molar-refractivity contribution is 6.32. The molecule has 1 aromatic carbocycles.